The molecular weight excluding hydrogens is 232 g/mol. The number of aliphatic hydroxyl groups excluding tert-OH is 2. The van der Waals surface area contributed by atoms with Crippen molar-refractivity contribution in [1.82, 2.24) is 0 Å². The van der Waals surface area contributed by atoms with Crippen molar-refractivity contribution in [3.05, 3.63) is 11.8 Å². The second-order valence-corrected chi connectivity index (χ2v) is 5.09. The molecule has 0 bridgehead atoms. The molecule has 1 fully saturated rings. The van der Waals surface area contributed by atoms with Gasteiger partial charge in [0.15, 0.2) is 0 Å². The lowest BCUT2D eigenvalue weighted by Gasteiger charge is -2.17. The quantitative estimate of drug-likeness (QED) is 0.483. The van der Waals surface area contributed by atoms with E-state index in [0.717, 1.165) is 19.3 Å². The third kappa shape index (κ3) is 4.02. The van der Waals surface area contributed by atoms with Crippen LogP contribution in [0.3, 0.4) is 0 Å². The first-order valence-corrected chi connectivity index (χ1v) is 6.87. The zero-order valence-electron chi connectivity index (χ0n) is 11.0. The van der Waals surface area contributed by atoms with Crippen LogP contribution in [0.1, 0.15) is 51.9 Å². The number of hydrogen-bond donors (Lipinski definition) is 3. The summed E-state index contributed by atoms with van der Waals surface area (Å²) in [6.45, 7) is 2.14. The summed E-state index contributed by atoms with van der Waals surface area (Å²) in [6, 6.07) is 0. The van der Waals surface area contributed by atoms with Crippen LogP contribution in [0.5, 0.6) is 0 Å². The van der Waals surface area contributed by atoms with Crippen molar-refractivity contribution in [2.24, 2.45) is 11.8 Å². The van der Waals surface area contributed by atoms with E-state index in [-0.39, 0.29) is 5.76 Å². The summed E-state index contributed by atoms with van der Waals surface area (Å²) in [7, 11) is 0. The van der Waals surface area contributed by atoms with Crippen LogP contribution in [0, 0.1) is 11.8 Å². The Morgan fingerprint density at radius 2 is 1.94 bits per heavy atom. The Kier molecular flexibility index (Phi) is 6.19. The number of rotatable bonds is 7. The molecule has 3 N–H and O–H groups in total. The van der Waals surface area contributed by atoms with E-state index in [4.69, 9.17) is 5.11 Å². The van der Waals surface area contributed by atoms with Crippen LogP contribution in [-0.2, 0) is 4.79 Å². The largest absolute Gasteiger partial charge is 0.512 e. The Balaban J connectivity index is 2.47. The number of aliphatic carboxylic acids is 1. The van der Waals surface area contributed by atoms with Gasteiger partial charge in [0, 0.05) is 5.92 Å². The molecule has 0 aromatic rings. The lowest BCUT2D eigenvalue weighted by molar-refractivity contribution is -0.146. The summed E-state index contributed by atoms with van der Waals surface area (Å²) >= 11 is 0. The SMILES string of the molecule is CCCCCCC=C(O)C1CCC(O)C1C(=O)O. The maximum Gasteiger partial charge on any atom is 0.309 e. The minimum absolute atomic E-state index is 0.149. The van der Waals surface area contributed by atoms with E-state index in [1.165, 1.54) is 12.8 Å². The van der Waals surface area contributed by atoms with E-state index < -0.39 is 23.9 Å². The number of carbonyl (C=O) groups is 1. The molecule has 3 unspecified atom stereocenters. The van der Waals surface area contributed by atoms with Gasteiger partial charge in [-0.1, -0.05) is 26.2 Å². The third-order valence-electron chi connectivity index (χ3n) is 3.70. The number of allylic oxidation sites excluding steroid dienone is 2. The number of carboxylic acid groups (broad SMARTS) is 1. The first-order chi connectivity index (χ1) is 8.57. The van der Waals surface area contributed by atoms with Crippen molar-refractivity contribution < 1.29 is 20.1 Å². The zero-order chi connectivity index (χ0) is 13.5. The van der Waals surface area contributed by atoms with E-state index in [0.29, 0.717) is 12.8 Å². The molecule has 3 atom stereocenters. The van der Waals surface area contributed by atoms with Gasteiger partial charge in [-0.2, -0.15) is 0 Å². The van der Waals surface area contributed by atoms with Crippen LogP contribution >= 0.6 is 0 Å². The van der Waals surface area contributed by atoms with Crippen LogP contribution in [0.25, 0.3) is 0 Å². The van der Waals surface area contributed by atoms with Gasteiger partial charge in [0.1, 0.15) is 0 Å². The second-order valence-electron chi connectivity index (χ2n) is 5.09. The molecule has 0 amide bonds. The van der Waals surface area contributed by atoms with Crippen molar-refractivity contribution in [2.45, 2.75) is 58.0 Å². The summed E-state index contributed by atoms with van der Waals surface area (Å²) < 4.78 is 0. The molecule has 4 nitrogen and oxygen atoms in total. The highest BCUT2D eigenvalue weighted by Crippen LogP contribution is 2.36. The predicted molar refractivity (Wildman–Crippen MR) is 69.3 cm³/mol. The fourth-order valence-electron chi connectivity index (χ4n) is 2.62. The maximum absolute atomic E-state index is 11.0. The van der Waals surface area contributed by atoms with Crippen LogP contribution in [0.4, 0.5) is 0 Å². The van der Waals surface area contributed by atoms with E-state index in [2.05, 4.69) is 6.92 Å². The highest BCUT2D eigenvalue weighted by Gasteiger charge is 2.42. The molecule has 0 radical (unpaired) electrons. The molecule has 0 aliphatic heterocycles. The Morgan fingerprint density at radius 3 is 2.56 bits per heavy atom. The molecule has 1 rings (SSSR count). The third-order valence-corrected chi connectivity index (χ3v) is 3.70. The average molecular weight is 256 g/mol. The van der Waals surface area contributed by atoms with Gasteiger partial charge in [-0.25, -0.2) is 0 Å². The number of aliphatic hydroxyl groups is 2. The van der Waals surface area contributed by atoms with Crippen molar-refractivity contribution in [2.75, 3.05) is 0 Å². The Morgan fingerprint density at radius 1 is 1.22 bits per heavy atom. The first-order valence-electron chi connectivity index (χ1n) is 6.87. The smallest absolute Gasteiger partial charge is 0.309 e. The van der Waals surface area contributed by atoms with Crippen LogP contribution in [0.15, 0.2) is 11.8 Å². The normalized spacial score (nSPS) is 28.6. The molecule has 18 heavy (non-hydrogen) atoms. The predicted octanol–water partition coefficient (Wildman–Crippen LogP) is 2.87. The van der Waals surface area contributed by atoms with Gasteiger partial charge in [-0.05, 0) is 31.8 Å². The first kappa shape index (κ1) is 15.0. The fraction of sp³-hybridized carbons (Fsp3) is 0.786. The molecule has 1 saturated carbocycles. The van der Waals surface area contributed by atoms with Crippen LogP contribution < -0.4 is 0 Å². The summed E-state index contributed by atoms with van der Waals surface area (Å²) in [6.07, 6.45) is 7.20. The van der Waals surface area contributed by atoms with Gasteiger partial charge in [0.2, 0.25) is 0 Å². The molecule has 0 aromatic carbocycles. The molecule has 0 heterocycles. The summed E-state index contributed by atoms with van der Waals surface area (Å²) in [5, 5.41) is 28.6. The van der Waals surface area contributed by atoms with E-state index in [9.17, 15) is 15.0 Å². The second kappa shape index (κ2) is 7.41. The van der Waals surface area contributed by atoms with E-state index in [1.807, 2.05) is 0 Å². The van der Waals surface area contributed by atoms with Gasteiger partial charge in [-0.15, -0.1) is 0 Å². The molecule has 0 spiro atoms. The Labute approximate surface area is 108 Å². The monoisotopic (exact) mass is 256 g/mol. The lowest BCUT2D eigenvalue weighted by atomic mass is 9.92. The van der Waals surface area contributed by atoms with Gasteiger partial charge in [-0.3, -0.25) is 4.79 Å². The van der Waals surface area contributed by atoms with E-state index in [1.54, 1.807) is 6.08 Å². The van der Waals surface area contributed by atoms with Crippen LogP contribution in [0.2, 0.25) is 0 Å². The van der Waals surface area contributed by atoms with Crippen molar-refractivity contribution >= 4 is 5.97 Å². The topological polar surface area (TPSA) is 77.8 Å². The van der Waals surface area contributed by atoms with E-state index >= 15 is 0 Å². The molecule has 104 valence electrons. The molecule has 4 heteroatoms. The van der Waals surface area contributed by atoms with Gasteiger partial charge in [0.25, 0.3) is 0 Å². The zero-order valence-corrected chi connectivity index (χ0v) is 11.0. The molecular formula is C14H24O4. The van der Waals surface area contributed by atoms with Crippen molar-refractivity contribution in [1.29, 1.82) is 0 Å². The lowest BCUT2D eigenvalue weighted by Crippen LogP contribution is -2.28. The molecule has 0 saturated heterocycles. The average Bonchev–Trinajstić information content (AvgIpc) is 2.70. The van der Waals surface area contributed by atoms with Crippen LogP contribution in [-0.4, -0.2) is 27.4 Å². The number of hydrogen-bond acceptors (Lipinski definition) is 3. The maximum atomic E-state index is 11.0. The highest BCUT2D eigenvalue weighted by molar-refractivity contribution is 5.72. The van der Waals surface area contributed by atoms with Crippen molar-refractivity contribution in [3.8, 4) is 0 Å². The minimum Gasteiger partial charge on any atom is -0.512 e. The van der Waals surface area contributed by atoms with Gasteiger partial charge >= 0.3 is 5.97 Å². The number of carboxylic acids is 1. The summed E-state index contributed by atoms with van der Waals surface area (Å²) in [5.74, 6) is -2.13. The molecule has 1 aliphatic carbocycles. The summed E-state index contributed by atoms with van der Waals surface area (Å²) in [5.41, 5.74) is 0. The minimum atomic E-state index is -1.02. The standard InChI is InChI=1S/C14H24O4/c1-2-3-4-5-6-7-11(15)10-8-9-12(16)13(10)14(17)18/h7,10,12-13,15-16H,2-6,8-9H2,1H3,(H,17,18). The summed E-state index contributed by atoms with van der Waals surface area (Å²) in [4.78, 5) is 11.0. The molecule has 1 aliphatic rings. The Hall–Kier alpha value is -1.03. The van der Waals surface area contributed by atoms with Crippen molar-refractivity contribution in [3.63, 3.8) is 0 Å². The Bertz CT molecular complexity index is 298. The van der Waals surface area contributed by atoms with Gasteiger partial charge in [0.05, 0.1) is 17.8 Å². The van der Waals surface area contributed by atoms with Gasteiger partial charge < -0.3 is 15.3 Å². The molecule has 0 aromatic heterocycles. The highest BCUT2D eigenvalue weighted by atomic mass is 16.4. The fourth-order valence-corrected chi connectivity index (χ4v) is 2.62. The number of unbranched alkanes of at least 4 members (excludes halogenated alkanes) is 4.